The van der Waals surface area contributed by atoms with Crippen molar-refractivity contribution in [2.75, 3.05) is 18.0 Å². The number of anilines is 1. The summed E-state index contributed by atoms with van der Waals surface area (Å²) in [5.74, 6) is -0.673. The Morgan fingerprint density at radius 3 is 2.46 bits per heavy atom. The van der Waals surface area contributed by atoms with Gasteiger partial charge in [-0.3, -0.25) is 4.79 Å². The second-order valence-corrected chi connectivity index (χ2v) is 11.5. The van der Waals surface area contributed by atoms with Gasteiger partial charge in [-0.1, -0.05) is 36.2 Å². The van der Waals surface area contributed by atoms with Gasteiger partial charge in [0.15, 0.2) is 4.90 Å². The zero-order valence-corrected chi connectivity index (χ0v) is 23.0. The van der Waals surface area contributed by atoms with Crippen molar-refractivity contribution in [3.63, 3.8) is 0 Å². The third-order valence-corrected chi connectivity index (χ3v) is 8.89. The zero-order valence-electron chi connectivity index (χ0n) is 20.7. The molecule has 1 saturated heterocycles. The first-order valence-corrected chi connectivity index (χ1v) is 13.8. The molecule has 0 N–H and O–H groups in total. The van der Waals surface area contributed by atoms with E-state index in [2.05, 4.69) is 11.8 Å². The van der Waals surface area contributed by atoms with Crippen LogP contribution in [0.25, 0.3) is 0 Å². The number of benzene rings is 2. The quantitative estimate of drug-likeness (QED) is 0.340. The number of amides is 1. The summed E-state index contributed by atoms with van der Waals surface area (Å²) in [6.07, 6.45) is 0.425. The monoisotopic (exact) mass is 538 g/mol. The van der Waals surface area contributed by atoms with Crippen molar-refractivity contribution in [3.05, 3.63) is 58.1 Å². The molecule has 3 rings (SSSR count). The predicted octanol–water partition coefficient (Wildman–Crippen LogP) is 5.57. The number of nitrogens with zero attached hydrogens (tertiary/aromatic N) is 2. The summed E-state index contributed by atoms with van der Waals surface area (Å²) in [7, 11) is 0. The molecule has 2 aromatic carbocycles. The summed E-state index contributed by atoms with van der Waals surface area (Å²) >= 11 is 10.9. The van der Waals surface area contributed by atoms with Gasteiger partial charge in [0.2, 0.25) is 5.25 Å². The number of rotatable bonds is 7. The summed E-state index contributed by atoms with van der Waals surface area (Å²) in [6.45, 7) is 10.6. The van der Waals surface area contributed by atoms with Crippen LogP contribution in [0, 0.1) is 0 Å². The Labute approximate surface area is 220 Å². The maximum atomic E-state index is 13.4. The number of carbonyl (C=O) groups excluding carboxylic acids is 2. The summed E-state index contributed by atoms with van der Waals surface area (Å²) in [5, 5.41) is -0.00503. The Hall–Kier alpha value is -1.93. The van der Waals surface area contributed by atoms with E-state index in [1.54, 1.807) is 26.0 Å². The molecule has 35 heavy (non-hydrogen) atoms. The van der Waals surface area contributed by atoms with Crippen LogP contribution in [0.1, 0.15) is 51.4 Å². The van der Waals surface area contributed by atoms with Crippen LogP contribution in [0.2, 0.25) is 10.0 Å². The van der Waals surface area contributed by atoms with E-state index in [9.17, 15) is 14.1 Å². The molecule has 6 nitrogen and oxygen atoms in total. The molecule has 0 spiro atoms. The standard InChI is InChI=1S/C26H32Cl2N2O4S/c1-6-16(2)34-26(32)19(5)35(33)24-11-10-20(14-23(24)28)25(31)30-13-12-29(17(3)18(30)4)22-9-7-8-21(27)15-22/h7-11,14-19H,6,12-13H2,1-5H3/t16?,17-,18-,19?,35?/m0/s1. The second-order valence-electron chi connectivity index (χ2n) is 8.89. The van der Waals surface area contributed by atoms with E-state index < -0.39 is 22.4 Å². The summed E-state index contributed by atoms with van der Waals surface area (Å²) in [6, 6.07) is 12.4. The first-order valence-electron chi connectivity index (χ1n) is 11.8. The minimum Gasteiger partial charge on any atom is -0.611 e. The molecule has 2 aromatic rings. The van der Waals surface area contributed by atoms with Crippen molar-refractivity contribution in [1.82, 2.24) is 4.90 Å². The maximum Gasteiger partial charge on any atom is 0.359 e. The van der Waals surface area contributed by atoms with E-state index in [0.29, 0.717) is 35.0 Å². The van der Waals surface area contributed by atoms with Gasteiger partial charge >= 0.3 is 5.97 Å². The molecule has 0 aliphatic carbocycles. The molecule has 1 aliphatic heterocycles. The molecule has 1 aliphatic rings. The third-order valence-electron chi connectivity index (χ3n) is 6.60. The molecule has 9 heteroatoms. The Kier molecular flexibility index (Phi) is 9.38. The van der Waals surface area contributed by atoms with Gasteiger partial charge in [-0.2, -0.15) is 0 Å². The van der Waals surface area contributed by atoms with Crippen LogP contribution in [0.15, 0.2) is 47.4 Å². The van der Waals surface area contributed by atoms with E-state index in [1.165, 1.54) is 6.07 Å². The molecule has 190 valence electrons. The van der Waals surface area contributed by atoms with Crippen LogP contribution in [0.3, 0.4) is 0 Å². The fourth-order valence-electron chi connectivity index (χ4n) is 4.07. The van der Waals surface area contributed by atoms with Gasteiger partial charge in [0.1, 0.15) is 0 Å². The largest absolute Gasteiger partial charge is 0.611 e. The summed E-state index contributed by atoms with van der Waals surface area (Å²) in [5.41, 5.74) is 1.45. The van der Waals surface area contributed by atoms with Gasteiger partial charge in [0.25, 0.3) is 5.91 Å². The topological polar surface area (TPSA) is 72.9 Å². The number of piperazine rings is 1. The van der Waals surface area contributed by atoms with Crippen molar-refractivity contribution in [2.45, 2.75) is 69.4 Å². The fraction of sp³-hybridized carbons (Fsp3) is 0.462. The molecular formula is C26H32Cl2N2O4S. The first-order chi connectivity index (χ1) is 16.5. The van der Waals surface area contributed by atoms with E-state index in [4.69, 9.17) is 27.9 Å². The number of hydrogen-bond donors (Lipinski definition) is 0. The highest BCUT2D eigenvalue weighted by Gasteiger charge is 2.35. The minimum absolute atomic E-state index is 0.0573. The van der Waals surface area contributed by atoms with Crippen molar-refractivity contribution in [2.24, 2.45) is 0 Å². The number of esters is 1. The highest BCUT2D eigenvalue weighted by Crippen LogP contribution is 2.30. The third kappa shape index (κ3) is 6.26. The predicted molar refractivity (Wildman–Crippen MR) is 142 cm³/mol. The van der Waals surface area contributed by atoms with Gasteiger partial charge < -0.3 is 19.1 Å². The van der Waals surface area contributed by atoms with E-state index in [1.807, 2.05) is 43.0 Å². The van der Waals surface area contributed by atoms with E-state index in [0.717, 1.165) is 5.69 Å². The number of halogens is 2. The fourth-order valence-corrected chi connectivity index (χ4v) is 5.72. The van der Waals surface area contributed by atoms with Gasteiger partial charge in [-0.05, 0) is 70.5 Å². The zero-order chi connectivity index (χ0) is 25.9. The van der Waals surface area contributed by atoms with Gasteiger partial charge in [-0.15, -0.1) is 0 Å². The lowest BCUT2D eigenvalue weighted by Gasteiger charge is -2.46. The lowest BCUT2D eigenvalue weighted by molar-refractivity contribution is -0.147. The van der Waals surface area contributed by atoms with Gasteiger partial charge in [-0.25, -0.2) is 4.79 Å². The molecule has 0 saturated carbocycles. The molecule has 1 fully saturated rings. The average Bonchev–Trinajstić information content (AvgIpc) is 2.84. The van der Waals surface area contributed by atoms with Crippen LogP contribution in [-0.2, 0) is 20.7 Å². The molecule has 0 bridgehead atoms. The Morgan fingerprint density at radius 1 is 1.11 bits per heavy atom. The lowest BCUT2D eigenvalue weighted by atomic mass is 10.0. The van der Waals surface area contributed by atoms with Crippen molar-refractivity contribution >= 4 is 51.9 Å². The van der Waals surface area contributed by atoms with Gasteiger partial charge in [0.05, 0.1) is 11.1 Å². The van der Waals surface area contributed by atoms with Crippen LogP contribution in [0.4, 0.5) is 5.69 Å². The molecule has 0 aromatic heterocycles. The van der Waals surface area contributed by atoms with Gasteiger partial charge in [0, 0.05) is 52.6 Å². The first kappa shape index (κ1) is 27.7. The average molecular weight is 540 g/mol. The normalized spacial score (nSPS) is 20.8. The molecule has 1 heterocycles. The van der Waals surface area contributed by atoms with Crippen LogP contribution in [0.5, 0.6) is 0 Å². The van der Waals surface area contributed by atoms with E-state index in [-0.39, 0.29) is 29.1 Å². The highest BCUT2D eigenvalue weighted by atomic mass is 35.5. The highest BCUT2D eigenvalue weighted by molar-refractivity contribution is 7.92. The maximum absolute atomic E-state index is 13.4. The molecule has 1 amide bonds. The summed E-state index contributed by atoms with van der Waals surface area (Å²) in [4.78, 5) is 30.1. The Balaban J connectivity index is 1.72. The van der Waals surface area contributed by atoms with Crippen LogP contribution >= 0.6 is 23.2 Å². The van der Waals surface area contributed by atoms with Crippen LogP contribution in [-0.4, -0.2) is 57.9 Å². The molecular weight excluding hydrogens is 507 g/mol. The SMILES string of the molecule is CCC(C)OC(=O)C(C)[S+]([O-])c1ccc(C(=O)N2CCN(c3cccc(Cl)c3)[C@@H](C)[C@@H]2C)cc1Cl. The Bertz CT molecular complexity index is 1070. The summed E-state index contributed by atoms with van der Waals surface area (Å²) < 4.78 is 18.3. The number of carbonyl (C=O) groups is 2. The Morgan fingerprint density at radius 2 is 1.83 bits per heavy atom. The number of ether oxygens (including phenoxy) is 1. The van der Waals surface area contributed by atoms with Crippen molar-refractivity contribution in [1.29, 1.82) is 0 Å². The number of hydrogen-bond acceptors (Lipinski definition) is 5. The molecule has 3 unspecified atom stereocenters. The smallest absolute Gasteiger partial charge is 0.359 e. The minimum atomic E-state index is -1.70. The molecule has 0 radical (unpaired) electrons. The molecule has 5 atom stereocenters. The van der Waals surface area contributed by atoms with Crippen LogP contribution < -0.4 is 4.90 Å². The second kappa shape index (κ2) is 11.9. The lowest BCUT2D eigenvalue weighted by Crippen LogP contribution is -2.59. The van der Waals surface area contributed by atoms with E-state index >= 15 is 0 Å². The van der Waals surface area contributed by atoms with Crippen molar-refractivity contribution < 1.29 is 18.9 Å². The van der Waals surface area contributed by atoms with Crippen molar-refractivity contribution in [3.8, 4) is 0 Å².